The van der Waals surface area contributed by atoms with Crippen molar-refractivity contribution in [2.75, 3.05) is 11.9 Å². The largest absolute Gasteiger partial charge is 0.328 e. The van der Waals surface area contributed by atoms with Crippen LogP contribution in [-0.2, 0) is 4.79 Å². The van der Waals surface area contributed by atoms with Gasteiger partial charge in [0.05, 0.1) is 6.04 Å². The first kappa shape index (κ1) is 13.5. The van der Waals surface area contributed by atoms with Crippen LogP contribution in [0, 0.1) is 5.82 Å². The number of benzene rings is 1. The second kappa shape index (κ2) is 5.79. The highest BCUT2D eigenvalue weighted by Crippen LogP contribution is 2.14. The number of carbonyl (C=O) groups excluding carboxylic acids is 2. The minimum absolute atomic E-state index is 0.315. The number of urea groups is 1. The van der Waals surface area contributed by atoms with Crippen LogP contribution in [0.3, 0.4) is 0 Å². The van der Waals surface area contributed by atoms with Crippen LogP contribution in [0.4, 0.5) is 14.9 Å². The molecule has 1 aliphatic rings. The summed E-state index contributed by atoms with van der Waals surface area (Å²) < 4.78 is 13.0. The Labute approximate surface area is 110 Å². The van der Waals surface area contributed by atoms with E-state index in [4.69, 9.17) is 5.73 Å². The van der Waals surface area contributed by atoms with Crippen LogP contribution in [-0.4, -0.2) is 29.4 Å². The highest BCUT2D eigenvalue weighted by Gasteiger charge is 2.28. The smallest absolute Gasteiger partial charge is 0.320 e. The van der Waals surface area contributed by atoms with Crippen LogP contribution >= 0.6 is 0 Å². The van der Waals surface area contributed by atoms with Crippen molar-refractivity contribution >= 4 is 17.6 Å². The number of halogens is 1. The van der Waals surface area contributed by atoms with E-state index in [9.17, 15) is 14.0 Å². The van der Waals surface area contributed by atoms with E-state index in [1.54, 1.807) is 6.07 Å². The SMILES string of the molecule is N[C@@H]1CCCCN(C(=O)Nc2cccc(F)c2)C1=O. The van der Waals surface area contributed by atoms with Crippen molar-refractivity contribution in [2.45, 2.75) is 25.3 Å². The van der Waals surface area contributed by atoms with Gasteiger partial charge in [0.25, 0.3) is 0 Å². The van der Waals surface area contributed by atoms with Gasteiger partial charge in [-0.1, -0.05) is 6.07 Å². The maximum atomic E-state index is 13.0. The fourth-order valence-electron chi connectivity index (χ4n) is 2.03. The van der Waals surface area contributed by atoms with Gasteiger partial charge in [0.2, 0.25) is 5.91 Å². The van der Waals surface area contributed by atoms with E-state index in [0.717, 1.165) is 17.7 Å². The number of likely N-dealkylation sites (tertiary alicyclic amines) is 1. The number of hydrogen-bond acceptors (Lipinski definition) is 3. The van der Waals surface area contributed by atoms with Crippen LogP contribution in [0.25, 0.3) is 0 Å². The quantitative estimate of drug-likeness (QED) is 0.811. The number of nitrogens with one attached hydrogen (secondary N) is 1. The van der Waals surface area contributed by atoms with E-state index in [0.29, 0.717) is 18.7 Å². The summed E-state index contributed by atoms with van der Waals surface area (Å²) in [6.07, 6.45) is 2.13. The Bertz CT molecular complexity index is 493. The predicted octanol–water partition coefficient (Wildman–Crippen LogP) is 1.70. The minimum Gasteiger partial charge on any atom is -0.320 e. The van der Waals surface area contributed by atoms with Gasteiger partial charge in [-0.2, -0.15) is 0 Å². The van der Waals surface area contributed by atoms with Gasteiger partial charge in [0, 0.05) is 12.2 Å². The van der Waals surface area contributed by atoms with Crippen molar-refractivity contribution in [3.05, 3.63) is 30.1 Å². The number of nitrogens with zero attached hydrogens (tertiary/aromatic N) is 1. The fourth-order valence-corrected chi connectivity index (χ4v) is 2.03. The highest BCUT2D eigenvalue weighted by molar-refractivity contribution is 6.02. The second-order valence-electron chi connectivity index (χ2n) is 4.53. The molecule has 0 spiro atoms. The van der Waals surface area contributed by atoms with Gasteiger partial charge in [-0.3, -0.25) is 9.69 Å². The summed E-state index contributed by atoms with van der Waals surface area (Å²) in [7, 11) is 0. The number of rotatable bonds is 1. The van der Waals surface area contributed by atoms with Crippen molar-refractivity contribution in [3.63, 3.8) is 0 Å². The lowest BCUT2D eigenvalue weighted by atomic mass is 10.1. The zero-order valence-electron chi connectivity index (χ0n) is 10.4. The Hall–Kier alpha value is -1.95. The average molecular weight is 265 g/mol. The van der Waals surface area contributed by atoms with Gasteiger partial charge in [-0.15, -0.1) is 0 Å². The Balaban J connectivity index is 2.08. The maximum Gasteiger partial charge on any atom is 0.328 e. The monoisotopic (exact) mass is 265 g/mol. The molecule has 102 valence electrons. The molecule has 1 aromatic rings. The van der Waals surface area contributed by atoms with Gasteiger partial charge in [-0.25, -0.2) is 9.18 Å². The number of amides is 3. The summed E-state index contributed by atoms with van der Waals surface area (Å²) >= 11 is 0. The number of carbonyl (C=O) groups is 2. The highest BCUT2D eigenvalue weighted by atomic mass is 19.1. The topological polar surface area (TPSA) is 75.4 Å². The van der Waals surface area contributed by atoms with Crippen LogP contribution in [0.15, 0.2) is 24.3 Å². The molecule has 6 heteroatoms. The molecule has 3 N–H and O–H groups in total. The van der Waals surface area contributed by atoms with Gasteiger partial charge < -0.3 is 11.1 Å². The normalized spacial score (nSPS) is 20.0. The molecule has 2 rings (SSSR count). The van der Waals surface area contributed by atoms with Crippen LogP contribution in [0.2, 0.25) is 0 Å². The third kappa shape index (κ3) is 3.29. The van der Waals surface area contributed by atoms with Crippen molar-refractivity contribution in [2.24, 2.45) is 5.73 Å². The molecule has 0 saturated carbocycles. The van der Waals surface area contributed by atoms with Crippen molar-refractivity contribution in [1.29, 1.82) is 0 Å². The first-order valence-corrected chi connectivity index (χ1v) is 6.21. The molecule has 1 saturated heterocycles. The van der Waals surface area contributed by atoms with Crippen molar-refractivity contribution in [1.82, 2.24) is 4.90 Å². The molecule has 5 nitrogen and oxygen atoms in total. The third-order valence-electron chi connectivity index (χ3n) is 3.05. The minimum atomic E-state index is -0.638. The summed E-state index contributed by atoms with van der Waals surface area (Å²) in [5.41, 5.74) is 6.01. The first-order valence-electron chi connectivity index (χ1n) is 6.21. The Morgan fingerprint density at radius 3 is 2.95 bits per heavy atom. The van der Waals surface area contributed by atoms with Crippen LogP contribution in [0.5, 0.6) is 0 Å². The Kier molecular flexibility index (Phi) is 4.11. The molecule has 0 radical (unpaired) electrons. The van der Waals surface area contributed by atoms with Crippen molar-refractivity contribution < 1.29 is 14.0 Å². The van der Waals surface area contributed by atoms with Crippen LogP contribution in [0.1, 0.15) is 19.3 Å². The number of nitrogens with two attached hydrogens (primary N) is 1. The van der Waals surface area contributed by atoms with Crippen LogP contribution < -0.4 is 11.1 Å². The summed E-state index contributed by atoms with van der Waals surface area (Å²) in [5.74, 6) is -0.830. The molecule has 0 unspecified atom stereocenters. The zero-order valence-corrected chi connectivity index (χ0v) is 10.4. The summed E-state index contributed by atoms with van der Waals surface area (Å²) in [6, 6.07) is 4.32. The summed E-state index contributed by atoms with van der Waals surface area (Å²) in [5, 5.41) is 2.50. The molecule has 0 bridgehead atoms. The molecule has 3 amide bonds. The number of anilines is 1. The zero-order chi connectivity index (χ0) is 13.8. The predicted molar refractivity (Wildman–Crippen MR) is 69.0 cm³/mol. The lowest BCUT2D eigenvalue weighted by Crippen LogP contribution is -2.47. The Morgan fingerprint density at radius 2 is 2.21 bits per heavy atom. The van der Waals surface area contributed by atoms with E-state index >= 15 is 0 Å². The molecular formula is C13H16FN3O2. The lowest BCUT2D eigenvalue weighted by Gasteiger charge is -2.21. The lowest BCUT2D eigenvalue weighted by molar-refractivity contribution is -0.128. The first-order chi connectivity index (χ1) is 9.08. The molecular weight excluding hydrogens is 249 g/mol. The molecule has 1 aromatic carbocycles. The maximum absolute atomic E-state index is 13.0. The Morgan fingerprint density at radius 1 is 1.42 bits per heavy atom. The van der Waals surface area contributed by atoms with Gasteiger partial charge in [0.15, 0.2) is 0 Å². The van der Waals surface area contributed by atoms with E-state index in [1.165, 1.54) is 18.2 Å². The second-order valence-corrected chi connectivity index (χ2v) is 4.53. The van der Waals surface area contributed by atoms with E-state index in [1.807, 2.05) is 0 Å². The van der Waals surface area contributed by atoms with Gasteiger partial charge in [0.1, 0.15) is 5.82 Å². The standard InChI is InChI=1S/C13H16FN3O2/c14-9-4-3-5-10(8-9)16-13(19)17-7-2-1-6-11(15)12(17)18/h3-5,8,11H,1-2,6-7,15H2,(H,16,19)/t11-/m1/s1. The number of imide groups is 1. The molecule has 1 atom stereocenters. The fraction of sp³-hybridized carbons (Fsp3) is 0.385. The van der Waals surface area contributed by atoms with E-state index in [-0.39, 0.29) is 5.91 Å². The van der Waals surface area contributed by atoms with E-state index in [2.05, 4.69) is 5.32 Å². The molecule has 0 aromatic heterocycles. The molecule has 1 fully saturated rings. The summed E-state index contributed by atoms with van der Waals surface area (Å²) in [4.78, 5) is 25.0. The molecule has 1 heterocycles. The van der Waals surface area contributed by atoms with E-state index < -0.39 is 17.9 Å². The third-order valence-corrected chi connectivity index (χ3v) is 3.05. The van der Waals surface area contributed by atoms with Gasteiger partial charge in [-0.05, 0) is 37.5 Å². The molecule has 0 aliphatic carbocycles. The summed E-state index contributed by atoms with van der Waals surface area (Å²) in [6.45, 7) is 0.341. The van der Waals surface area contributed by atoms with Gasteiger partial charge >= 0.3 is 6.03 Å². The van der Waals surface area contributed by atoms with Crippen molar-refractivity contribution in [3.8, 4) is 0 Å². The number of hydrogen-bond donors (Lipinski definition) is 2. The average Bonchev–Trinajstić information content (AvgIpc) is 2.52. The molecule has 1 aliphatic heterocycles. The molecule has 19 heavy (non-hydrogen) atoms.